The van der Waals surface area contributed by atoms with Gasteiger partial charge in [0.2, 0.25) is 0 Å². The van der Waals surface area contributed by atoms with Crippen molar-refractivity contribution in [3.05, 3.63) is 65.0 Å². The summed E-state index contributed by atoms with van der Waals surface area (Å²) in [6.45, 7) is 3.09. The molecule has 2 aromatic carbocycles. The van der Waals surface area contributed by atoms with E-state index in [0.717, 1.165) is 34.2 Å². The number of hydrogen-bond donors (Lipinski definition) is 2. The van der Waals surface area contributed by atoms with Crippen LogP contribution in [0.1, 0.15) is 22.8 Å². The number of para-hydroxylation sites is 1. The summed E-state index contributed by atoms with van der Waals surface area (Å²) in [4.78, 5) is 29.5. The van der Waals surface area contributed by atoms with Gasteiger partial charge < -0.3 is 20.1 Å². The summed E-state index contributed by atoms with van der Waals surface area (Å²) in [6, 6.07) is 14.9. The van der Waals surface area contributed by atoms with Gasteiger partial charge in [-0.15, -0.1) is 11.3 Å². The zero-order valence-corrected chi connectivity index (χ0v) is 17.6. The maximum Gasteiger partial charge on any atom is 0.322 e. The van der Waals surface area contributed by atoms with Gasteiger partial charge in [-0.2, -0.15) is 0 Å². The number of ether oxygens (including phenoxy) is 1. The Morgan fingerprint density at radius 2 is 1.90 bits per heavy atom. The first-order chi connectivity index (χ1) is 14.5. The summed E-state index contributed by atoms with van der Waals surface area (Å²) in [6.07, 6.45) is 0. The summed E-state index contributed by atoms with van der Waals surface area (Å²) < 4.78 is 5.44. The zero-order valence-electron chi connectivity index (χ0n) is 16.8. The number of aliphatic carboxylic acids is 1. The summed E-state index contributed by atoms with van der Waals surface area (Å²) >= 11 is 1.57. The molecular formula is C22H23N3O4S. The molecule has 0 saturated carbocycles. The first kappa shape index (κ1) is 21.3. The predicted octanol–water partition coefficient (Wildman–Crippen LogP) is 3.66. The third-order valence-corrected chi connectivity index (χ3v) is 5.42. The number of carboxylic acid groups (broad SMARTS) is 1. The lowest BCUT2D eigenvalue weighted by atomic mass is 10.1. The van der Waals surface area contributed by atoms with Crippen LogP contribution in [0.2, 0.25) is 0 Å². The molecule has 8 heteroatoms. The van der Waals surface area contributed by atoms with Gasteiger partial charge >= 0.3 is 5.97 Å². The van der Waals surface area contributed by atoms with Crippen LogP contribution in [0.4, 0.5) is 5.13 Å². The Morgan fingerprint density at radius 3 is 2.57 bits per heavy atom. The molecular weight excluding hydrogens is 402 g/mol. The third-order valence-electron chi connectivity index (χ3n) is 4.52. The average Bonchev–Trinajstić information content (AvgIpc) is 3.26. The van der Waals surface area contributed by atoms with E-state index < -0.39 is 18.4 Å². The minimum atomic E-state index is -1.07. The van der Waals surface area contributed by atoms with Gasteiger partial charge in [0.15, 0.2) is 5.13 Å². The molecule has 7 nitrogen and oxygen atoms in total. The van der Waals surface area contributed by atoms with Gasteiger partial charge in [0, 0.05) is 29.6 Å². The molecule has 1 aromatic heterocycles. The van der Waals surface area contributed by atoms with Crippen molar-refractivity contribution < 1.29 is 19.4 Å². The number of benzene rings is 2. The molecule has 0 unspecified atom stereocenters. The predicted molar refractivity (Wildman–Crippen MR) is 117 cm³/mol. The fourth-order valence-electron chi connectivity index (χ4n) is 2.94. The molecule has 156 valence electrons. The Morgan fingerprint density at radius 1 is 1.17 bits per heavy atom. The highest BCUT2D eigenvalue weighted by Crippen LogP contribution is 2.33. The first-order valence-electron chi connectivity index (χ1n) is 9.44. The maximum absolute atomic E-state index is 11.9. The van der Waals surface area contributed by atoms with Crippen molar-refractivity contribution in [3.8, 4) is 17.0 Å². The van der Waals surface area contributed by atoms with Crippen molar-refractivity contribution in [3.63, 3.8) is 0 Å². The fourth-order valence-corrected chi connectivity index (χ4v) is 3.83. The molecule has 2 N–H and O–H groups in total. The van der Waals surface area contributed by atoms with Gasteiger partial charge in [-0.3, -0.25) is 9.59 Å². The monoisotopic (exact) mass is 425 g/mol. The molecule has 3 aromatic rings. The van der Waals surface area contributed by atoms with Crippen molar-refractivity contribution in [1.29, 1.82) is 0 Å². The molecule has 30 heavy (non-hydrogen) atoms. The van der Waals surface area contributed by atoms with E-state index in [1.165, 1.54) is 0 Å². The summed E-state index contributed by atoms with van der Waals surface area (Å²) in [5.41, 5.74) is 3.28. The van der Waals surface area contributed by atoms with E-state index in [2.05, 4.69) is 17.1 Å². The summed E-state index contributed by atoms with van der Waals surface area (Å²) in [7, 11) is 1.65. The average molecular weight is 426 g/mol. The smallest absolute Gasteiger partial charge is 0.322 e. The zero-order chi connectivity index (χ0) is 21.5. The van der Waals surface area contributed by atoms with Crippen LogP contribution >= 0.6 is 11.3 Å². The van der Waals surface area contributed by atoms with Crippen molar-refractivity contribution in [2.75, 3.05) is 25.1 Å². The van der Waals surface area contributed by atoms with Crippen LogP contribution in [0.15, 0.2) is 53.9 Å². The second-order valence-electron chi connectivity index (χ2n) is 6.50. The fraction of sp³-hybridized carbons (Fsp3) is 0.227. The largest absolute Gasteiger partial charge is 0.496 e. The molecule has 3 rings (SSSR count). The van der Waals surface area contributed by atoms with Crippen LogP contribution in [0.3, 0.4) is 0 Å². The number of anilines is 1. The normalized spacial score (nSPS) is 10.5. The van der Waals surface area contributed by atoms with Crippen LogP contribution in [-0.2, 0) is 11.3 Å². The van der Waals surface area contributed by atoms with E-state index in [1.807, 2.05) is 41.8 Å². The number of methoxy groups -OCH3 is 1. The van der Waals surface area contributed by atoms with Gasteiger partial charge in [-0.25, -0.2) is 4.98 Å². The van der Waals surface area contributed by atoms with Gasteiger partial charge in [-0.05, 0) is 36.8 Å². The van der Waals surface area contributed by atoms with E-state index in [1.54, 1.807) is 30.6 Å². The Balaban J connectivity index is 1.71. The number of thiazole rings is 1. The van der Waals surface area contributed by atoms with E-state index in [4.69, 9.17) is 14.8 Å². The van der Waals surface area contributed by atoms with E-state index >= 15 is 0 Å². The minimum absolute atomic E-state index is 0.400. The molecule has 1 amide bonds. The highest BCUT2D eigenvalue weighted by atomic mass is 32.1. The summed E-state index contributed by atoms with van der Waals surface area (Å²) in [5.74, 6) is -0.693. The molecule has 0 aliphatic heterocycles. The van der Waals surface area contributed by atoms with Crippen molar-refractivity contribution >= 4 is 28.3 Å². The number of nitrogens with zero attached hydrogens (tertiary/aromatic N) is 2. The second-order valence-corrected chi connectivity index (χ2v) is 7.34. The van der Waals surface area contributed by atoms with E-state index in [9.17, 15) is 9.59 Å². The molecule has 0 spiro atoms. The van der Waals surface area contributed by atoms with Gasteiger partial charge in [-0.1, -0.05) is 24.3 Å². The third kappa shape index (κ3) is 5.15. The second kappa shape index (κ2) is 9.89. The number of carbonyl (C=O) groups is 2. The first-order valence-corrected chi connectivity index (χ1v) is 10.3. The van der Waals surface area contributed by atoms with E-state index in [-0.39, 0.29) is 0 Å². The standard InChI is InChI=1S/C22H23N3O4S/c1-3-25(13-15-8-10-16(11-9-15)21(28)23-12-20(26)27)22-24-18(14-30-22)17-6-4-5-7-19(17)29-2/h4-11,14H,3,12-13H2,1-2H3,(H,23,28)(H,26,27). The van der Waals surface area contributed by atoms with Crippen LogP contribution in [0.5, 0.6) is 5.75 Å². The van der Waals surface area contributed by atoms with Crippen LogP contribution in [0.25, 0.3) is 11.3 Å². The highest BCUT2D eigenvalue weighted by Gasteiger charge is 2.14. The molecule has 0 bridgehead atoms. The van der Waals surface area contributed by atoms with Gasteiger partial charge in [0.25, 0.3) is 5.91 Å². The molecule has 0 saturated heterocycles. The number of carbonyl (C=O) groups excluding carboxylic acids is 1. The molecule has 0 radical (unpaired) electrons. The van der Waals surface area contributed by atoms with Crippen LogP contribution < -0.4 is 15.0 Å². The van der Waals surface area contributed by atoms with Crippen LogP contribution in [-0.4, -0.2) is 42.2 Å². The van der Waals surface area contributed by atoms with Gasteiger partial charge in [0.1, 0.15) is 12.3 Å². The van der Waals surface area contributed by atoms with Crippen molar-refractivity contribution in [1.82, 2.24) is 10.3 Å². The number of hydrogen-bond acceptors (Lipinski definition) is 6. The molecule has 0 aliphatic carbocycles. The lowest BCUT2D eigenvalue weighted by Crippen LogP contribution is -2.29. The Kier molecular flexibility index (Phi) is 7.03. The Labute approximate surface area is 179 Å². The molecule has 0 aliphatic rings. The number of amides is 1. The molecule has 1 heterocycles. The molecule has 0 fully saturated rings. The van der Waals surface area contributed by atoms with Crippen LogP contribution in [0, 0.1) is 0 Å². The highest BCUT2D eigenvalue weighted by molar-refractivity contribution is 7.14. The Hall–Kier alpha value is -3.39. The lowest BCUT2D eigenvalue weighted by molar-refractivity contribution is -0.135. The van der Waals surface area contributed by atoms with Crippen molar-refractivity contribution in [2.24, 2.45) is 0 Å². The maximum atomic E-state index is 11.9. The number of nitrogens with one attached hydrogen (secondary N) is 1. The lowest BCUT2D eigenvalue weighted by Gasteiger charge is -2.20. The SMILES string of the molecule is CCN(Cc1ccc(C(=O)NCC(=O)O)cc1)c1nc(-c2ccccc2OC)cs1. The van der Waals surface area contributed by atoms with E-state index in [0.29, 0.717) is 12.1 Å². The number of aromatic nitrogens is 1. The van der Waals surface area contributed by atoms with Gasteiger partial charge in [0.05, 0.1) is 12.8 Å². The minimum Gasteiger partial charge on any atom is -0.496 e. The quantitative estimate of drug-likeness (QED) is 0.544. The number of rotatable bonds is 9. The molecule has 0 atom stereocenters. The van der Waals surface area contributed by atoms with Crippen molar-refractivity contribution in [2.45, 2.75) is 13.5 Å². The summed E-state index contributed by atoms with van der Waals surface area (Å²) in [5, 5.41) is 13.9. The topological polar surface area (TPSA) is 91.8 Å². The number of carboxylic acids is 1. The Bertz CT molecular complexity index is 1020.